The summed E-state index contributed by atoms with van der Waals surface area (Å²) in [4.78, 5) is 10.6. The van der Waals surface area contributed by atoms with Gasteiger partial charge >= 0.3 is 103 Å². The van der Waals surface area contributed by atoms with Crippen molar-refractivity contribution in [1.29, 1.82) is 0 Å². The summed E-state index contributed by atoms with van der Waals surface area (Å²) in [7, 11) is -4.98. The minimum atomic E-state index is -1.94. The molecule has 0 amide bonds. The first-order chi connectivity index (χ1) is 5.60. The number of hydrogen-bond donors (Lipinski definition) is 1. The Bertz CT molecular complexity index is 202. The van der Waals surface area contributed by atoms with Gasteiger partial charge in [-0.3, -0.25) is 0 Å². The molecule has 1 aliphatic heterocycles. The van der Waals surface area contributed by atoms with E-state index in [1.807, 2.05) is 0 Å². The Morgan fingerprint density at radius 1 is 1.07 bits per heavy atom. The van der Waals surface area contributed by atoms with E-state index >= 15 is 0 Å². The fraction of sp³-hybridized carbons (Fsp3) is 1.00. The van der Waals surface area contributed by atoms with Gasteiger partial charge in [-0.1, -0.05) is 13.1 Å². The molecule has 7 heteroatoms. The number of rotatable bonds is 0. The van der Waals surface area contributed by atoms with Crippen LogP contribution in [-0.2, 0) is 4.43 Å². The molecule has 0 aliphatic carbocycles. The van der Waals surface area contributed by atoms with Gasteiger partial charge in [0.05, 0.1) is 7.11 Å². The third-order valence-electron chi connectivity index (χ3n) is 4.03. The quantitative estimate of drug-likeness (QED) is 0.669. The van der Waals surface area contributed by atoms with Crippen molar-refractivity contribution >= 4 is 126 Å². The van der Waals surface area contributed by atoms with Crippen LogP contribution in [0, 0.1) is 0 Å². The Kier molecular flexibility index (Phi) is 9.90. The van der Waals surface area contributed by atoms with E-state index in [9.17, 15) is 4.80 Å². The van der Waals surface area contributed by atoms with Gasteiger partial charge < -0.3 is 9.22 Å². The summed E-state index contributed by atoms with van der Waals surface area (Å²) in [5.41, 5.74) is 0. The zero-order valence-electron chi connectivity index (χ0n) is 9.64. The first-order valence-electron chi connectivity index (χ1n) is 5.00. The second kappa shape index (κ2) is 7.03. The van der Waals surface area contributed by atoms with Crippen LogP contribution in [0.1, 0.15) is 6.92 Å². The molecular formula is C8H24K2O2Si3. The van der Waals surface area contributed by atoms with E-state index in [4.69, 9.17) is 4.43 Å². The third-order valence-corrected chi connectivity index (χ3v) is 40.4. The van der Waals surface area contributed by atoms with Gasteiger partial charge in [0.1, 0.15) is 0 Å². The van der Waals surface area contributed by atoms with Gasteiger partial charge in [-0.15, -0.1) is 0 Å². The van der Waals surface area contributed by atoms with Crippen LogP contribution in [-0.4, -0.2) is 136 Å². The molecule has 2 atom stereocenters. The monoisotopic (exact) mass is 314 g/mol. The van der Waals surface area contributed by atoms with Gasteiger partial charge in [0, 0.05) is 6.10 Å². The summed E-state index contributed by atoms with van der Waals surface area (Å²) in [6, 6.07) is 0.947. The topological polar surface area (TPSA) is 29.5 Å². The molecule has 0 bridgehead atoms. The second-order valence-corrected chi connectivity index (χ2v) is 30.8. The van der Waals surface area contributed by atoms with Crippen molar-refractivity contribution in [3.63, 3.8) is 0 Å². The fourth-order valence-corrected chi connectivity index (χ4v) is 27.6. The predicted octanol–water partition coefficient (Wildman–Crippen LogP) is 0.746. The van der Waals surface area contributed by atoms with Gasteiger partial charge in [-0.2, -0.15) is 0 Å². The molecule has 0 radical (unpaired) electrons. The van der Waals surface area contributed by atoms with E-state index in [2.05, 4.69) is 39.7 Å². The zero-order chi connectivity index (χ0) is 10.5. The van der Waals surface area contributed by atoms with Crippen LogP contribution in [0.5, 0.6) is 0 Å². The Morgan fingerprint density at radius 2 is 1.47 bits per heavy atom. The average molecular weight is 315 g/mol. The van der Waals surface area contributed by atoms with Crippen LogP contribution in [0.2, 0.25) is 38.8 Å². The maximum atomic E-state index is 10.6. The first kappa shape index (κ1) is 21.1. The van der Waals surface area contributed by atoms with E-state index < -0.39 is 22.8 Å². The Balaban J connectivity index is 0. The van der Waals surface area contributed by atoms with Gasteiger partial charge in [0.25, 0.3) is 0 Å². The Labute approximate surface area is 182 Å². The molecule has 1 fully saturated rings. The summed E-state index contributed by atoms with van der Waals surface area (Å²) >= 11 is 0. The van der Waals surface area contributed by atoms with Crippen molar-refractivity contribution in [2.45, 2.75) is 51.8 Å². The van der Waals surface area contributed by atoms with Crippen molar-refractivity contribution in [2.24, 2.45) is 0 Å². The van der Waals surface area contributed by atoms with Crippen LogP contribution in [0.15, 0.2) is 0 Å². The van der Waals surface area contributed by atoms with Gasteiger partial charge in [-0.25, -0.2) is 0 Å². The molecule has 1 aliphatic rings. The maximum absolute atomic E-state index is 10.6. The van der Waals surface area contributed by atoms with E-state index in [1.165, 1.54) is 0 Å². The number of hydrogen-bond acceptors (Lipinski definition) is 2. The van der Waals surface area contributed by atoms with Gasteiger partial charge in [0.2, 0.25) is 0 Å². The molecule has 1 rings (SSSR count). The molecular weight excluding hydrogens is 291 g/mol. The molecule has 0 saturated carbocycles. The Morgan fingerprint density at radius 3 is 1.80 bits per heavy atom. The van der Waals surface area contributed by atoms with Crippen molar-refractivity contribution < 1.29 is 9.22 Å². The molecule has 15 heavy (non-hydrogen) atoms. The van der Waals surface area contributed by atoms with Crippen LogP contribution in [0.3, 0.4) is 0 Å². The Hall–Kier alpha value is 3.84. The summed E-state index contributed by atoms with van der Waals surface area (Å²) in [5, 5.41) is 0. The molecule has 82 valence electrons. The molecule has 0 aromatic rings. The van der Waals surface area contributed by atoms with Crippen molar-refractivity contribution in [3.05, 3.63) is 0 Å². The predicted molar refractivity (Wildman–Crippen MR) is 78.5 cm³/mol. The molecule has 0 spiro atoms. The minimum absolute atomic E-state index is 0. The van der Waals surface area contributed by atoms with E-state index in [-0.39, 0.29) is 103 Å². The summed E-state index contributed by atoms with van der Waals surface area (Å²) in [5.74, 6) is 0. The zero-order valence-corrected chi connectivity index (χ0v) is 12.6. The molecule has 0 aromatic carbocycles. The van der Waals surface area contributed by atoms with Crippen LogP contribution in [0.4, 0.5) is 0 Å². The molecule has 1 saturated heterocycles. The summed E-state index contributed by atoms with van der Waals surface area (Å²) < 4.78 is 6.10. The average Bonchev–Trinajstić information content (AvgIpc) is 1.80. The van der Waals surface area contributed by atoms with Gasteiger partial charge in [-0.05, 0) is 32.6 Å². The second-order valence-electron chi connectivity index (χ2n) is 5.54. The third kappa shape index (κ3) is 4.42. The van der Waals surface area contributed by atoms with Crippen molar-refractivity contribution in [3.8, 4) is 0 Å². The molecule has 2 unspecified atom stereocenters. The van der Waals surface area contributed by atoms with Crippen LogP contribution in [0.25, 0.3) is 0 Å². The standard InChI is InChI=1S/C8H22O2Si3.2K.2H/c1-8-7-13(6,9)12(4,5)11(2,3)10-8;;;;/h8-9H,7H2,1-6H3;;;;. The molecule has 1 heterocycles. The van der Waals surface area contributed by atoms with Crippen molar-refractivity contribution in [2.75, 3.05) is 0 Å². The van der Waals surface area contributed by atoms with Crippen molar-refractivity contribution in [1.82, 2.24) is 0 Å². The van der Waals surface area contributed by atoms with E-state index in [0.29, 0.717) is 6.10 Å². The van der Waals surface area contributed by atoms with E-state index in [1.54, 1.807) is 0 Å². The SMILES string of the molecule is CC1C[Si](C)(O)[Si](C)(C)[Si](C)(C)O1.[KH].[KH]. The normalized spacial score (nSPS) is 37.4. The van der Waals surface area contributed by atoms with Crippen LogP contribution >= 0.6 is 0 Å². The molecule has 0 aromatic heterocycles. The summed E-state index contributed by atoms with van der Waals surface area (Å²) in [6.07, 6.45) is 0.295. The van der Waals surface area contributed by atoms with E-state index in [0.717, 1.165) is 6.04 Å². The molecule has 1 N–H and O–H groups in total. The first-order valence-corrected chi connectivity index (χ1v) is 15.6. The fourth-order valence-electron chi connectivity index (χ4n) is 2.16. The van der Waals surface area contributed by atoms with Crippen LogP contribution < -0.4 is 0 Å². The molecule has 2 nitrogen and oxygen atoms in total. The summed E-state index contributed by atoms with van der Waals surface area (Å²) in [6.45, 7) is 13.5. The van der Waals surface area contributed by atoms with Gasteiger partial charge in [0.15, 0.2) is 15.7 Å².